The first-order valence-electron chi connectivity index (χ1n) is 4.63. The Morgan fingerprint density at radius 2 is 2.07 bits per heavy atom. The van der Waals surface area contributed by atoms with E-state index < -0.39 is 0 Å². The minimum Gasteiger partial charge on any atom is -0.505 e. The molecule has 0 amide bonds. The first-order chi connectivity index (χ1) is 6.61. The van der Waals surface area contributed by atoms with Crippen molar-refractivity contribution in [1.29, 1.82) is 0 Å². The molecule has 0 radical (unpaired) electrons. The summed E-state index contributed by atoms with van der Waals surface area (Å²) in [5, 5.41) is 9.79. The van der Waals surface area contributed by atoms with Gasteiger partial charge in [-0.15, -0.1) is 0 Å². The van der Waals surface area contributed by atoms with Gasteiger partial charge < -0.3 is 16.6 Å². The van der Waals surface area contributed by atoms with Crippen LogP contribution in [0.25, 0.3) is 0 Å². The summed E-state index contributed by atoms with van der Waals surface area (Å²) >= 11 is 3.38. The number of aromatic hydroxyl groups is 1. The number of nitrogen functional groups attached to an aromatic ring is 1. The van der Waals surface area contributed by atoms with E-state index in [2.05, 4.69) is 15.9 Å². The molecule has 1 atom stereocenters. The minimum atomic E-state index is -0.104. The van der Waals surface area contributed by atoms with Gasteiger partial charge in [0.05, 0.1) is 5.69 Å². The minimum absolute atomic E-state index is 0.104. The average molecular weight is 257 g/mol. The number of hydrogen-bond donors (Lipinski definition) is 3. The van der Waals surface area contributed by atoms with Crippen molar-refractivity contribution in [2.24, 2.45) is 11.7 Å². The van der Waals surface area contributed by atoms with Crippen molar-refractivity contribution in [2.75, 3.05) is 5.73 Å². The Labute approximate surface area is 91.2 Å². The summed E-state index contributed by atoms with van der Waals surface area (Å²) < 4.78 is 0.837. The predicted octanol–water partition coefficient (Wildman–Crippen LogP) is 2.15. The van der Waals surface area contributed by atoms with Crippen molar-refractivity contribution in [1.82, 2.24) is 0 Å². The van der Waals surface area contributed by atoms with Crippen LogP contribution in [-0.4, -0.2) is 5.11 Å². The third kappa shape index (κ3) is 1.60. The molecule has 2 rings (SSSR count). The van der Waals surface area contributed by atoms with Gasteiger partial charge in [-0.1, -0.05) is 15.9 Å². The highest BCUT2D eigenvalue weighted by molar-refractivity contribution is 9.10. The lowest BCUT2D eigenvalue weighted by atomic mass is 10.0. The number of halogens is 1. The Morgan fingerprint density at radius 1 is 1.43 bits per heavy atom. The highest BCUT2D eigenvalue weighted by atomic mass is 79.9. The van der Waals surface area contributed by atoms with E-state index in [-0.39, 0.29) is 11.8 Å². The molecule has 3 nitrogen and oxygen atoms in total. The molecule has 76 valence electrons. The van der Waals surface area contributed by atoms with E-state index in [0.717, 1.165) is 22.9 Å². The summed E-state index contributed by atoms with van der Waals surface area (Å²) in [5.41, 5.74) is 12.8. The molecule has 1 aromatic rings. The third-order valence-electron chi connectivity index (χ3n) is 2.66. The Balaban J connectivity index is 2.43. The SMILES string of the molecule is Nc1ccc(Br)c([C@@H](N)C2CC2)c1O. The highest BCUT2D eigenvalue weighted by Gasteiger charge is 2.32. The van der Waals surface area contributed by atoms with Gasteiger partial charge in [0.25, 0.3) is 0 Å². The number of rotatable bonds is 2. The van der Waals surface area contributed by atoms with Gasteiger partial charge in [-0.05, 0) is 30.9 Å². The van der Waals surface area contributed by atoms with E-state index >= 15 is 0 Å². The number of phenols is 1. The molecule has 0 unspecified atom stereocenters. The summed E-state index contributed by atoms with van der Waals surface area (Å²) in [6, 6.07) is 3.39. The number of hydrogen-bond acceptors (Lipinski definition) is 3. The summed E-state index contributed by atoms with van der Waals surface area (Å²) in [4.78, 5) is 0. The topological polar surface area (TPSA) is 72.3 Å². The second kappa shape index (κ2) is 3.44. The molecule has 0 heterocycles. The molecule has 1 aliphatic rings. The maximum absolute atomic E-state index is 9.79. The molecular weight excluding hydrogens is 244 g/mol. The van der Waals surface area contributed by atoms with Crippen molar-refractivity contribution in [2.45, 2.75) is 18.9 Å². The van der Waals surface area contributed by atoms with Gasteiger partial charge in [0.2, 0.25) is 0 Å². The van der Waals surface area contributed by atoms with Crippen LogP contribution in [0, 0.1) is 5.92 Å². The second-order valence-corrected chi connectivity index (χ2v) is 4.62. The Morgan fingerprint density at radius 3 is 2.64 bits per heavy atom. The van der Waals surface area contributed by atoms with Gasteiger partial charge in [0.15, 0.2) is 0 Å². The quantitative estimate of drug-likeness (QED) is 0.561. The Bertz CT molecular complexity index is 363. The zero-order valence-corrected chi connectivity index (χ0v) is 9.29. The predicted molar refractivity (Wildman–Crippen MR) is 59.9 cm³/mol. The zero-order valence-electron chi connectivity index (χ0n) is 7.70. The van der Waals surface area contributed by atoms with Crippen molar-refractivity contribution < 1.29 is 5.11 Å². The summed E-state index contributed by atoms with van der Waals surface area (Å²) in [6.07, 6.45) is 2.28. The van der Waals surface area contributed by atoms with Crippen LogP contribution in [0.5, 0.6) is 5.75 Å². The van der Waals surface area contributed by atoms with Crippen LogP contribution in [-0.2, 0) is 0 Å². The van der Waals surface area contributed by atoms with Crippen LogP contribution in [0.1, 0.15) is 24.4 Å². The van der Waals surface area contributed by atoms with Crippen molar-refractivity contribution in [3.8, 4) is 5.75 Å². The molecule has 0 aromatic heterocycles. The fourth-order valence-corrected chi connectivity index (χ4v) is 2.19. The van der Waals surface area contributed by atoms with Crippen LogP contribution in [0.4, 0.5) is 5.69 Å². The van der Waals surface area contributed by atoms with E-state index in [9.17, 15) is 5.11 Å². The van der Waals surface area contributed by atoms with Crippen LogP contribution in [0.3, 0.4) is 0 Å². The number of phenolic OH excluding ortho intramolecular Hbond substituents is 1. The van der Waals surface area contributed by atoms with Crippen LogP contribution in [0.15, 0.2) is 16.6 Å². The molecule has 1 aliphatic carbocycles. The number of nitrogens with two attached hydrogens (primary N) is 2. The van der Waals surface area contributed by atoms with Gasteiger partial charge >= 0.3 is 0 Å². The lowest BCUT2D eigenvalue weighted by molar-refractivity contribution is 0.458. The lowest BCUT2D eigenvalue weighted by Crippen LogP contribution is -2.13. The molecule has 0 saturated heterocycles. The van der Waals surface area contributed by atoms with E-state index in [0.29, 0.717) is 11.6 Å². The average Bonchev–Trinajstić information content (AvgIpc) is 2.95. The van der Waals surface area contributed by atoms with Crippen molar-refractivity contribution >= 4 is 21.6 Å². The normalized spacial score (nSPS) is 18.1. The summed E-state index contributed by atoms with van der Waals surface area (Å²) in [5.74, 6) is 0.623. The molecule has 14 heavy (non-hydrogen) atoms. The molecule has 0 aliphatic heterocycles. The molecule has 1 fully saturated rings. The fourth-order valence-electron chi connectivity index (χ4n) is 1.61. The molecule has 1 saturated carbocycles. The van der Waals surface area contributed by atoms with E-state index in [1.165, 1.54) is 0 Å². The van der Waals surface area contributed by atoms with Crippen LogP contribution < -0.4 is 11.5 Å². The van der Waals surface area contributed by atoms with Gasteiger partial charge in [0, 0.05) is 16.1 Å². The smallest absolute Gasteiger partial charge is 0.144 e. The molecule has 1 aromatic carbocycles. The standard InChI is InChI=1S/C10H13BrN2O/c11-6-3-4-7(12)10(14)8(6)9(13)5-1-2-5/h3-5,9,14H,1-2,12-13H2/t9-/m0/s1. The van der Waals surface area contributed by atoms with Gasteiger partial charge in [-0.2, -0.15) is 0 Å². The largest absolute Gasteiger partial charge is 0.505 e. The highest BCUT2D eigenvalue weighted by Crippen LogP contribution is 2.45. The zero-order chi connectivity index (χ0) is 10.3. The van der Waals surface area contributed by atoms with Gasteiger partial charge in [-0.25, -0.2) is 0 Å². The maximum atomic E-state index is 9.79. The van der Waals surface area contributed by atoms with E-state index in [1.807, 2.05) is 6.07 Å². The van der Waals surface area contributed by atoms with Crippen LogP contribution in [0.2, 0.25) is 0 Å². The molecular formula is C10H13BrN2O. The van der Waals surface area contributed by atoms with Crippen molar-refractivity contribution in [3.05, 3.63) is 22.2 Å². The van der Waals surface area contributed by atoms with Crippen LogP contribution >= 0.6 is 15.9 Å². The third-order valence-corrected chi connectivity index (χ3v) is 3.35. The molecule has 5 N–H and O–H groups in total. The lowest BCUT2D eigenvalue weighted by Gasteiger charge is -2.15. The Hall–Kier alpha value is -0.740. The van der Waals surface area contributed by atoms with E-state index in [4.69, 9.17) is 11.5 Å². The first kappa shape index (κ1) is 9.80. The molecule has 0 bridgehead atoms. The summed E-state index contributed by atoms with van der Waals surface area (Å²) in [7, 11) is 0. The van der Waals surface area contributed by atoms with Gasteiger partial charge in [0.1, 0.15) is 5.75 Å². The van der Waals surface area contributed by atoms with E-state index in [1.54, 1.807) is 6.07 Å². The van der Waals surface area contributed by atoms with Gasteiger partial charge in [-0.3, -0.25) is 0 Å². The number of anilines is 1. The molecule has 0 spiro atoms. The first-order valence-corrected chi connectivity index (χ1v) is 5.43. The number of benzene rings is 1. The van der Waals surface area contributed by atoms with Crippen molar-refractivity contribution in [3.63, 3.8) is 0 Å². The monoisotopic (exact) mass is 256 g/mol. The Kier molecular flexibility index (Phi) is 2.41. The molecule has 4 heteroatoms. The second-order valence-electron chi connectivity index (χ2n) is 3.76. The fraction of sp³-hybridized carbons (Fsp3) is 0.400. The summed E-state index contributed by atoms with van der Waals surface area (Å²) in [6.45, 7) is 0. The maximum Gasteiger partial charge on any atom is 0.144 e.